The molecule has 0 aliphatic carbocycles. The van der Waals surface area contributed by atoms with E-state index >= 15 is 0 Å². The van der Waals surface area contributed by atoms with Gasteiger partial charge in [0, 0.05) is 6.07 Å². The number of carbonyl (C=O) groups is 2. The van der Waals surface area contributed by atoms with Crippen molar-refractivity contribution in [3.05, 3.63) is 69.1 Å². The van der Waals surface area contributed by atoms with Crippen molar-refractivity contribution in [2.45, 2.75) is 6.92 Å². The first-order valence-corrected chi connectivity index (χ1v) is 10.1. The molecule has 30 heavy (non-hydrogen) atoms. The summed E-state index contributed by atoms with van der Waals surface area (Å²) < 4.78 is 5.64. The molecule has 154 valence electrons. The van der Waals surface area contributed by atoms with Crippen LogP contribution in [0.3, 0.4) is 0 Å². The van der Waals surface area contributed by atoms with E-state index in [0.717, 1.165) is 23.1 Å². The molecule has 0 aromatic heterocycles. The molecule has 8 nitrogen and oxygen atoms in total. The molecule has 1 saturated heterocycles. The van der Waals surface area contributed by atoms with Gasteiger partial charge in [-0.05, 0) is 36.8 Å². The second-order valence-electron chi connectivity index (χ2n) is 6.09. The number of anilines is 1. The Morgan fingerprint density at radius 3 is 2.63 bits per heavy atom. The minimum Gasteiger partial charge on any atom is -0.494 e. The molecular weight excluding hydrogens is 426 g/mol. The molecule has 1 aliphatic heterocycles. The predicted molar refractivity (Wildman–Crippen MR) is 119 cm³/mol. The monoisotopic (exact) mass is 443 g/mol. The van der Waals surface area contributed by atoms with E-state index in [-0.39, 0.29) is 22.2 Å². The van der Waals surface area contributed by atoms with Crippen LogP contribution in [0.15, 0.2) is 53.4 Å². The van der Waals surface area contributed by atoms with E-state index < -0.39 is 16.7 Å². The van der Waals surface area contributed by atoms with Gasteiger partial charge in [0.2, 0.25) is 5.91 Å². The third-order valence-corrected chi connectivity index (χ3v) is 5.42. The molecule has 0 saturated carbocycles. The molecule has 0 spiro atoms. The molecule has 0 bridgehead atoms. The van der Waals surface area contributed by atoms with Gasteiger partial charge in [-0.2, -0.15) is 0 Å². The summed E-state index contributed by atoms with van der Waals surface area (Å²) in [6.45, 7) is 2.12. The Morgan fingerprint density at radius 1 is 1.27 bits per heavy atom. The second kappa shape index (κ2) is 9.51. The van der Waals surface area contributed by atoms with E-state index in [1.54, 1.807) is 24.3 Å². The van der Waals surface area contributed by atoms with Crippen LogP contribution in [0, 0.1) is 10.1 Å². The Labute approximate surface area is 182 Å². The average Bonchev–Trinajstić information content (AvgIpc) is 2.97. The number of nitrogens with zero attached hydrogens (tertiary/aromatic N) is 2. The molecule has 1 N–H and O–H groups in total. The number of thioether (sulfide) groups is 1. The average molecular weight is 444 g/mol. The van der Waals surface area contributed by atoms with Crippen molar-refractivity contribution in [3.8, 4) is 5.75 Å². The molecule has 1 heterocycles. The van der Waals surface area contributed by atoms with Gasteiger partial charge >= 0.3 is 0 Å². The Hall–Kier alpha value is -3.24. The lowest BCUT2D eigenvalue weighted by atomic mass is 10.2. The highest BCUT2D eigenvalue weighted by atomic mass is 32.2. The normalized spacial score (nSPS) is 14.8. The SMILES string of the molecule is CCOc1ccc(/C=C2\SC(=S)N(CC(=O)Nc3ccccc3[N+](=O)[O-])C2=O)cc1. The van der Waals surface area contributed by atoms with Gasteiger partial charge in [-0.1, -0.05) is 48.2 Å². The molecule has 0 radical (unpaired) electrons. The second-order valence-corrected chi connectivity index (χ2v) is 7.77. The standard InChI is InChI=1S/C20H17N3O5S2/c1-2-28-14-9-7-13(8-10-14)11-17-19(25)22(20(29)30-17)12-18(24)21-15-5-3-4-6-16(15)23(26)27/h3-11H,2,12H2,1H3,(H,21,24)/b17-11-. The van der Waals surface area contributed by atoms with Crippen LogP contribution < -0.4 is 10.1 Å². The number of benzene rings is 2. The van der Waals surface area contributed by atoms with Crippen molar-refractivity contribution < 1.29 is 19.2 Å². The number of nitrogens with one attached hydrogen (secondary N) is 1. The summed E-state index contributed by atoms with van der Waals surface area (Å²) in [5.74, 6) is -0.242. The van der Waals surface area contributed by atoms with Gasteiger partial charge < -0.3 is 10.1 Å². The number of nitro groups is 1. The fourth-order valence-corrected chi connectivity index (χ4v) is 3.94. The minimum absolute atomic E-state index is 0.0582. The van der Waals surface area contributed by atoms with Crippen LogP contribution in [-0.2, 0) is 9.59 Å². The third-order valence-electron chi connectivity index (χ3n) is 4.04. The third kappa shape index (κ3) is 5.02. The maximum Gasteiger partial charge on any atom is 0.292 e. The smallest absolute Gasteiger partial charge is 0.292 e. The number of para-hydroxylation sites is 2. The van der Waals surface area contributed by atoms with Gasteiger partial charge in [0.25, 0.3) is 11.6 Å². The highest BCUT2D eigenvalue weighted by Gasteiger charge is 2.33. The zero-order chi connectivity index (χ0) is 21.7. The Kier molecular flexibility index (Phi) is 6.80. The summed E-state index contributed by atoms with van der Waals surface area (Å²) in [6, 6.07) is 13.0. The van der Waals surface area contributed by atoms with Crippen LogP contribution in [0.4, 0.5) is 11.4 Å². The molecule has 2 aromatic rings. The Balaban J connectivity index is 1.69. The van der Waals surface area contributed by atoms with Crippen molar-refractivity contribution in [3.63, 3.8) is 0 Å². The molecule has 3 rings (SSSR count). The molecule has 2 aromatic carbocycles. The summed E-state index contributed by atoms with van der Waals surface area (Å²) in [7, 11) is 0. The van der Waals surface area contributed by atoms with E-state index in [0.29, 0.717) is 11.5 Å². The summed E-state index contributed by atoms with van der Waals surface area (Å²) >= 11 is 6.33. The van der Waals surface area contributed by atoms with E-state index in [1.807, 2.05) is 19.1 Å². The largest absolute Gasteiger partial charge is 0.494 e. The minimum atomic E-state index is -0.589. The number of nitro benzene ring substituents is 1. The van der Waals surface area contributed by atoms with Crippen molar-refractivity contribution in [2.24, 2.45) is 0 Å². The van der Waals surface area contributed by atoms with Gasteiger partial charge in [0.1, 0.15) is 22.3 Å². The van der Waals surface area contributed by atoms with Gasteiger partial charge in [0.05, 0.1) is 16.4 Å². The van der Waals surface area contributed by atoms with Crippen LogP contribution >= 0.6 is 24.0 Å². The molecule has 10 heteroatoms. The van der Waals surface area contributed by atoms with E-state index in [9.17, 15) is 19.7 Å². The molecular formula is C20H17N3O5S2. The topological polar surface area (TPSA) is 102 Å². The number of ether oxygens (including phenoxy) is 1. The van der Waals surface area contributed by atoms with E-state index in [2.05, 4.69) is 5.32 Å². The predicted octanol–water partition coefficient (Wildman–Crippen LogP) is 3.83. The summed E-state index contributed by atoms with van der Waals surface area (Å²) in [4.78, 5) is 37.1. The molecule has 1 fully saturated rings. The lowest BCUT2D eigenvalue weighted by Crippen LogP contribution is -2.36. The van der Waals surface area contributed by atoms with E-state index in [4.69, 9.17) is 17.0 Å². The first-order valence-electron chi connectivity index (χ1n) is 8.90. The first-order chi connectivity index (χ1) is 14.4. The first kappa shape index (κ1) is 21.5. The number of carbonyl (C=O) groups excluding carboxylic acids is 2. The number of thiocarbonyl (C=S) groups is 1. The molecule has 2 amide bonds. The molecule has 1 aliphatic rings. The van der Waals surface area contributed by atoms with Crippen LogP contribution in [0.2, 0.25) is 0 Å². The van der Waals surface area contributed by atoms with E-state index in [1.165, 1.54) is 23.1 Å². The van der Waals surface area contributed by atoms with Crippen LogP contribution in [0.5, 0.6) is 5.75 Å². The lowest BCUT2D eigenvalue weighted by Gasteiger charge is -2.14. The van der Waals surface area contributed by atoms with Crippen molar-refractivity contribution in [1.29, 1.82) is 0 Å². The maximum absolute atomic E-state index is 12.7. The Bertz CT molecular complexity index is 1040. The van der Waals surface area contributed by atoms with Crippen LogP contribution in [0.25, 0.3) is 6.08 Å². The van der Waals surface area contributed by atoms with Gasteiger partial charge in [-0.15, -0.1) is 0 Å². The Morgan fingerprint density at radius 2 is 1.97 bits per heavy atom. The highest BCUT2D eigenvalue weighted by Crippen LogP contribution is 2.33. The number of amides is 2. The quantitative estimate of drug-likeness (QED) is 0.300. The zero-order valence-corrected chi connectivity index (χ0v) is 17.5. The van der Waals surface area contributed by atoms with Gasteiger partial charge in [-0.25, -0.2) is 0 Å². The maximum atomic E-state index is 12.7. The van der Waals surface area contributed by atoms with Gasteiger partial charge in [0.15, 0.2) is 0 Å². The fraction of sp³-hybridized carbons (Fsp3) is 0.150. The highest BCUT2D eigenvalue weighted by molar-refractivity contribution is 8.26. The van der Waals surface area contributed by atoms with Crippen molar-refractivity contribution >= 4 is 57.6 Å². The van der Waals surface area contributed by atoms with Crippen LogP contribution in [0.1, 0.15) is 12.5 Å². The number of rotatable bonds is 7. The number of hydrogen-bond donors (Lipinski definition) is 1. The summed E-state index contributed by atoms with van der Waals surface area (Å²) in [6.07, 6.45) is 1.69. The lowest BCUT2D eigenvalue weighted by molar-refractivity contribution is -0.383. The van der Waals surface area contributed by atoms with Crippen molar-refractivity contribution in [2.75, 3.05) is 18.5 Å². The van der Waals surface area contributed by atoms with Crippen molar-refractivity contribution in [1.82, 2.24) is 4.90 Å². The molecule has 0 atom stereocenters. The summed E-state index contributed by atoms with van der Waals surface area (Å²) in [5.41, 5.74) is 0.623. The fourth-order valence-electron chi connectivity index (χ4n) is 2.69. The van der Waals surface area contributed by atoms with Crippen LogP contribution in [-0.4, -0.2) is 39.1 Å². The van der Waals surface area contributed by atoms with Gasteiger partial charge in [-0.3, -0.25) is 24.6 Å². The summed E-state index contributed by atoms with van der Waals surface area (Å²) in [5, 5.41) is 13.5. The zero-order valence-electron chi connectivity index (χ0n) is 15.9. The number of hydrogen-bond acceptors (Lipinski definition) is 7. The molecule has 0 unspecified atom stereocenters.